The second-order valence-corrected chi connectivity index (χ2v) is 8.65. The monoisotopic (exact) mass is 376 g/mol. The average molecular weight is 376 g/mol. The van der Waals surface area contributed by atoms with Gasteiger partial charge in [0.15, 0.2) is 21.6 Å². The van der Waals surface area contributed by atoms with E-state index >= 15 is 0 Å². The number of aromatic nitrogens is 1. The lowest BCUT2D eigenvalue weighted by Crippen LogP contribution is -2.44. The van der Waals surface area contributed by atoms with Crippen LogP contribution in [0, 0.1) is 6.92 Å². The first-order valence-electron chi connectivity index (χ1n) is 8.72. The minimum absolute atomic E-state index is 0.106. The van der Waals surface area contributed by atoms with Gasteiger partial charge in [-0.1, -0.05) is 29.8 Å². The normalized spacial score (nSPS) is 19.5. The Morgan fingerprint density at radius 2 is 2.12 bits per heavy atom. The number of rotatable bonds is 5. The Bertz CT molecular complexity index is 872. The second kappa shape index (κ2) is 7.90. The summed E-state index contributed by atoms with van der Waals surface area (Å²) in [6, 6.07) is 7.94. The van der Waals surface area contributed by atoms with E-state index in [1.165, 1.54) is 5.56 Å². The van der Waals surface area contributed by atoms with Gasteiger partial charge in [0.25, 0.3) is 0 Å². The van der Waals surface area contributed by atoms with Crippen LogP contribution in [0.15, 0.2) is 39.9 Å². The van der Waals surface area contributed by atoms with Crippen LogP contribution in [0.25, 0.3) is 11.3 Å². The molecule has 140 valence electrons. The summed E-state index contributed by atoms with van der Waals surface area (Å²) in [5.74, 6) is 2.16. The quantitative estimate of drug-likeness (QED) is 0.611. The van der Waals surface area contributed by atoms with Gasteiger partial charge in [0.1, 0.15) is 6.54 Å². The van der Waals surface area contributed by atoms with E-state index in [0.717, 1.165) is 5.56 Å². The molecule has 2 aromatic rings. The molecule has 1 unspecified atom stereocenters. The molecule has 1 aliphatic heterocycles. The Morgan fingerprint density at radius 3 is 2.77 bits per heavy atom. The van der Waals surface area contributed by atoms with Crippen LogP contribution in [0.3, 0.4) is 0 Å². The summed E-state index contributed by atoms with van der Waals surface area (Å²) in [5.41, 5.74) is 2.16. The Morgan fingerprint density at radius 1 is 1.35 bits per heavy atom. The fourth-order valence-corrected chi connectivity index (χ4v) is 4.48. The average Bonchev–Trinajstić information content (AvgIpc) is 3.20. The third-order valence-corrected chi connectivity index (χ3v) is 5.95. The topological polar surface area (TPSA) is 96.6 Å². The largest absolute Gasteiger partial charge is 0.439 e. The van der Waals surface area contributed by atoms with Crippen LogP contribution >= 0.6 is 0 Å². The van der Waals surface area contributed by atoms with Gasteiger partial charge in [-0.3, -0.25) is 0 Å². The SMILES string of the molecule is CCNC(=NCc1ncc(-c2ccc(C)cc2)o1)NC1CCS(=O)(=O)C1. The molecule has 7 nitrogen and oxygen atoms in total. The molecule has 1 fully saturated rings. The van der Waals surface area contributed by atoms with Gasteiger partial charge in [-0.2, -0.15) is 0 Å². The number of hydrogen-bond acceptors (Lipinski definition) is 5. The lowest BCUT2D eigenvalue weighted by Gasteiger charge is -2.15. The molecule has 0 amide bonds. The van der Waals surface area contributed by atoms with E-state index in [4.69, 9.17) is 4.42 Å². The minimum atomic E-state index is -2.93. The number of oxazole rings is 1. The summed E-state index contributed by atoms with van der Waals surface area (Å²) >= 11 is 0. The van der Waals surface area contributed by atoms with Crippen molar-refractivity contribution in [1.29, 1.82) is 0 Å². The van der Waals surface area contributed by atoms with Gasteiger partial charge in [0, 0.05) is 18.2 Å². The van der Waals surface area contributed by atoms with Crippen molar-refractivity contribution in [2.45, 2.75) is 32.9 Å². The Hall–Kier alpha value is -2.35. The zero-order valence-electron chi connectivity index (χ0n) is 15.0. The highest BCUT2D eigenvalue weighted by Gasteiger charge is 2.28. The van der Waals surface area contributed by atoms with E-state index in [9.17, 15) is 8.42 Å². The van der Waals surface area contributed by atoms with E-state index in [1.54, 1.807) is 6.20 Å². The summed E-state index contributed by atoms with van der Waals surface area (Å²) in [5, 5.41) is 6.30. The molecular weight excluding hydrogens is 352 g/mol. The molecule has 2 heterocycles. The molecule has 0 spiro atoms. The lowest BCUT2D eigenvalue weighted by molar-refractivity contribution is 0.508. The zero-order chi connectivity index (χ0) is 18.6. The van der Waals surface area contributed by atoms with Crippen molar-refractivity contribution >= 4 is 15.8 Å². The van der Waals surface area contributed by atoms with Crippen LogP contribution in [0.2, 0.25) is 0 Å². The minimum Gasteiger partial charge on any atom is -0.439 e. The number of aryl methyl sites for hydroxylation is 1. The van der Waals surface area contributed by atoms with Crippen LogP contribution in [-0.4, -0.2) is 43.5 Å². The molecule has 1 aromatic carbocycles. The Labute approximate surface area is 153 Å². The molecule has 1 atom stereocenters. The maximum atomic E-state index is 11.6. The van der Waals surface area contributed by atoms with Crippen molar-refractivity contribution in [3.8, 4) is 11.3 Å². The highest BCUT2D eigenvalue weighted by atomic mass is 32.2. The van der Waals surface area contributed by atoms with Gasteiger partial charge in [-0.25, -0.2) is 18.4 Å². The predicted octanol–water partition coefficient (Wildman–Crippen LogP) is 1.89. The van der Waals surface area contributed by atoms with Gasteiger partial charge in [0.05, 0.1) is 17.7 Å². The third kappa shape index (κ3) is 4.85. The highest BCUT2D eigenvalue weighted by Crippen LogP contribution is 2.21. The van der Waals surface area contributed by atoms with Gasteiger partial charge in [-0.15, -0.1) is 0 Å². The lowest BCUT2D eigenvalue weighted by atomic mass is 10.1. The fourth-order valence-electron chi connectivity index (χ4n) is 2.80. The number of nitrogens with zero attached hydrogens (tertiary/aromatic N) is 2. The third-order valence-electron chi connectivity index (χ3n) is 4.18. The number of hydrogen-bond donors (Lipinski definition) is 2. The first-order chi connectivity index (χ1) is 12.4. The van der Waals surface area contributed by atoms with Gasteiger partial charge in [0.2, 0.25) is 5.89 Å². The first-order valence-corrected chi connectivity index (χ1v) is 10.5. The van der Waals surface area contributed by atoms with E-state index in [1.807, 2.05) is 38.1 Å². The molecule has 1 aromatic heterocycles. The number of sulfone groups is 1. The van der Waals surface area contributed by atoms with Crippen LogP contribution in [0.5, 0.6) is 0 Å². The van der Waals surface area contributed by atoms with E-state index < -0.39 is 9.84 Å². The molecule has 1 aliphatic rings. The molecule has 2 N–H and O–H groups in total. The molecule has 0 bridgehead atoms. The summed E-state index contributed by atoms with van der Waals surface area (Å²) < 4.78 is 29.0. The summed E-state index contributed by atoms with van der Waals surface area (Å²) in [4.78, 5) is 8.74. The van der Waals surface area contributed by atoms with Gasteiger partial charge >= 0.3 is 0 Å². The van der Waals surface area contributed by atoms with Crippen LogP contribution in [-0.2, 0) is 16.4 Å². The maximum absolute atomic E-state index is 11.6. The molecular formula is C18H24N4O3S. The molecule has 8 heteroatoms. The number of guanidine groups is 1. The highest BCUT2D eigenvalue weighted by molar-refractivity contribution is 7.91. The van der Waals surface area contributed by atoms with Gasteiger partial charge in [-0.05, 0) is 20.3 Å². The molecule has 3 rings (SSSR count). The molecule has 1 saturated heterocycles. The molecule has 0 aliphatic carbocycles. The fraction of sp³-hybridized carbons (Fsp3) is 0.444. The number of nitrogens with one attached hydrogen (secondary N) is 2. The molecule has 26 heavy (non-hydrogen) atoms. The van der Waals surface area contributed by atoms with Crippen LogP contribution < -0.4 is 10.6 Å². The van der Waals surface area contributed by atoms with E-state index in [0.29, 0.717) is 30.6 Å². The van der Waals surface area contributed by atoms with Crippen LogP contribution in [0.1, 0.15) is 24.8 Å². The van der Waals surface area contributed by atoms with Crippen molar-refractivity contribution in [3.63, 3.8) is 0 Å². The molecule has 0 saturated carbocycles. The van der Waals surface area contributed by atoms with Crippen molar-refractivity contribution in [2.24, 2.45) is 4.99 Å². The predicted molar refractivity (Wildman–Crippen MR) is 102 cm³/mol. The number of aliphatic imine (C=N–C) groups is 1. The van der Waals surface area contributed by atoms with Crippen molar-refractivity contribution < 1.29 is 12.8 Å². The Kier molecular flexibility index (Phi) is 5.61. The zero-order valence-corrected chi connectivity index (χ0v) is 15.8. The smallest absolute Gasteiger partial charge is 0.216 e. The van der Waals surface area contributed by atoms with Crippen LogP contribution in [0.4, 0.5) is 0 Å². The summed E-state index contributed by atoms with van der Waals surface area (Å²) in [6.07, 6.45) is 2.29. The summed E-state index contributed by atoms with van der Waals surface area (Å²) in [6.45, 7) is 4.96. The molecule has 0 radical (unpaired) electrons. The standard InChI is InChI=1S/C18H24N4O3S/c1-3-19-18(22-15-8-9-26(23,24)12-15)21-11-17-20-10-16(25-17)14-6-4-13(2)5-7-14/h4-7,10,15H,3,8-9,11-12H2,1-2H3,(H2,19,21,22). The summed E-state index contributed by atoms with van der Waals surface area (Å²) in [7, 11) is -2.93. The maximum Gasteiger partial charge on any atom is 0.216 e. The first kappa shape index (κ1) is 18.4. The van der Waals surface area contributed by atoms with Crippen molar-refractivity contribution in [1.82, 2.24) is 15.6 Å². The van der Waals surface area contributed by atoms with E-state index in [2.05, 4.69) is 20.6 Å². The van der Waals surface area contributed by atoms with E-state index in [-0.39, 0.29) is 24.1 Å². The Balaban J connectivity index is 1.65. The number of benzene rings is 1. The second-order valence-electron chi connectivity index (χ2n) is 6.42. The van der Waals surface area contributed by atoms with Crippen molar-refractivity contribution in [3.05, 3.63) is 41.9 Å². The van der Waals surface area contributed by atoms with Crippen molar-refractivity contribution in [2.75, 3.05) is 18.1 Å². The van der Waals surface area contributed by atoms with Gasteiger partial charge < -0.3 is 15.1 Å².